The second-order valence-electron chi connectivity index (χ2n) is 11.1. The van der Waals surface area contributed by atoms with Crippen molar-refractivity contribution in [2.24, 2.45) is 0 Å². The van der Waals surface area contributed by atoms with Crippen molar-refractivity contribution < 1.29 is 18.8 Å². The molecule has 3 unspecified atom stereocenters. The highest BCUT2D eigenvalue weighted by Gasteiger charge is 2.68. The number of carbonyl (C=O) groups is 2. The number of rotatable bonds is 6. The van der Waals surface area contributed by atoms with Crippen LogP contribution in [0.15, 0.2) is 54.6 Å². The van der Waals surface area contributed by atoms with E-state index >= 15 is 0 Å². The van der Waals surface area contributed by atoms with E-state index in [1.54, 1.807) is 36.3 Å². The van der Waals surface area contributed by atoms with Crippen molar-refractivity contribution >= 4 is 29.9 Å². The van der Waals surface area contributed by atoms with Gasteiger partial charge in [-0.15, -0.1) is 12.4 Å². The van der Waals surface area contributed by atoms with E-state index in [1.807, 2.05) is 35.2 Å². The van der Waals surface area contributed by atoms with Crippen LogP contribution in [0.25, 0.3) is 0 Å². The minimum Gasteiger partial charge on any atom is -0.497 e. The van der Waals surface area contributed by atoms with Gasteiger partial charge in [0.1, 0.15) is 30.4 Å². The molecule has 4 saturated heterocycles. The smallest absolute Gasteiger partial charge is 0.258 e. The number of methoxy groups -OCH3 is 1. The number of halogens is 1. The Bertz CT molecular complexity index is 1100. The standard InChI is InChI=1S/C29H39N4O3.ClH/c1-21-18-30-26-20-33(21,29(26,2)3)24-14-16-31(17-15-24)27(34)19-32(23-8-6-5-7-9-23)28(35)22-10-12-25(36-4)13-11-22;/h5-13,21,24,26,30H,14-20H2,1-4H3;1H/q+1;. The molecule has 8 heteroatoms. The van der Waals surface area contributed by atoms with Crippen LogP contribution >= 0.6 is 12.4 Å². The van der Waals surface area contributed by atoms with E-state index in [4.69, 9.17) is 4.74 Å². The van der Waals surface area contributed by atoms with Gasteiger partial charge in [-0.3, -0.25) is 19.8 Å². The number of hydrogen-bond acceptors (Lipinski definition) is 4. The highest BCUT2D eigenvalue weighted by molar-refractivity contribution is 6.08. The summed E-state index contributed by atoms with van der Waals surface area (Å²) in [6.45, 7) is 11.0. The van der Waals surface area contributed by atoms with Gasteiger partial charge in [0.2, 0.25) is 5.91 Å². The summed E-state index contributed by atoms with van der Waals surface area (Å²) in [4.78, 5) is 30.5. The monoisotopic (exact) mass is 527 g/mol. The molecule has 4 heterocycles. The number of piperazine rings is 2. The molecule has 0 aromatic heterocycles. The second-order valence-corrected chi connectivity index (χ2v) is 11.1. The zero-order valence-electron chi connectivity index (χ0n) is 22.4. The van der Waals surface area contributed by atoms with E-state index in [0.29, 0.717) is 29.4 Å². The lowest BCUT2D eigenvalue weighted by molar-refractivity contribution is -1.06. The number of nitrogens with one attached hydrogen (secondary N) is 1. The fourth-order valence-electron chi connectivity index (χ4n) is 7.04. The molecular formula is C29H40ClN4O3+. The van der Waals surface area contributed by atoms with Gasteiger partial charge in [-0.1, -0.05) is 18.2 Å². The van der Waals surface area contributed by atoms with Crippen molar-refractivity contribution in [3.05, 3.63) is 60.2 Å². The first-order valence-electron chi connectivity index (χ1n) is 13.2. The zero-order chi connectivity index (χ0) is 25.5. The summed E-state index contributed by atoms with van der Waals surface area (Å²) in [5.41, 5.74) is 1.50. The highest BCUT2D eigenvalue weighted by Crippen LogP contribution is 2.49. The van der Waals surface area contributed by atoms with Crippen LogP contribution in [0.2, 0.25) is 0 Å². The third-order valence-corrected chi connectivity index (χ3v) is 9.27. The van der Waals surface area contributed by atoms with Crippen LogP contribution in [-0.2, 0) is 4.79 Å². The van der Waals surface area contributed by atoms with Crippen LogP contribution in [0.4, 0.5) is 5.69 Å². The quantitative estimate of drug-likeness (QED) is 0.582. The van der Waals surface area contributed by atoms with Gasteiger partial charge in [0.25, 0.3) is 5.91 Å². The maximum Gasteiger partial charge on any atom is 0.258 e. The van der Waals surface area contributed by atoms with Crippen molar-refractivity contribution in [3.8, 4) is 5.75 Å². The van der Waals surface area contributed by atoms with E-state index in [9.17, 15) is 9.59 Å². The SMILES string of the molecule is COc1ccc(C(=O)N(CC(=O)N2CCC([N+]34CC(NCC3C)C4(C)C)CC2)c2ccccc2)cc1.Cl. The lowest BCUT2D eigenvalue weighted by Gasteiger charge is -2.72. The summed E-state index contributed by atoms with van der Waals surface area (Å²) >= 11 is 0. The van der Waals surface area contributed by atoms with Crippen molar-refractivity contribution in [2.75, 3.05) is 44.7 Å². The van der Waals surface area contributed by atoms with Gasteiger partial charge < -0.3 is 14.1 Å². The molecule has 37 heavy (non-hydrogen) atoms. The van der Waals surface area contributed by atoms with Crippen LogP contribution in [-0.4, -0.2) is 84.7 Å². The summed E-state index contributed by atoms with van der Waals surface area (Å²) in [7, 11) is 1.60. The van der Waals surface area contributed by atoms with Gasteiger partial charge in [0.15, 0.2) is 0 Å². The highest BCUT2D eigenvalue weighted by atomic mass is 35.5. The zero-order valence-corrected chi connectivity index (χ0v) is 23.2. The van der Waals surface area contributed by atoms with E-state index in [2.05, 4.69) is 26.1 Å². The molecule has 0 radical (unpaired) electrons. The van der Waals surface area contributed by atoms with E-state index in [0.717, 1.165) is 38.2 Å². The number of amides is 2. The molecule has 0 saturated carbocycles. The third kappa shape index (κ3) is 4.62. The fourth-order valence-corrected chi connectivity index (χ4v) is 7.04. The molecule has 1 N–H and O–H groups in total. The second kappa shape index (κ2) is 10.6. The normalized spacial score (nSPS) is 26.4. The molecule has 2 aromatic rings. The lowest BCUT2D eigenvalue weighted by atomic mass is 9.70. The molecule has 6 rings (SSSR count). The Labute approximate surface area is 226 Å². The molecule has 7 nitrogen and oxygen atoms in total. The van der Waals surface area contributed by atoms with Crippen LogP contribution in [0.1, 0.15) is 44.0 Å². The number of piperidine rings is 1. The lowest BCUT2D eigenvalue weighted by Crippen LogP contribution is -2.92. The average molecular weight is 528 g/mol. The molecule has 2 aromatic carbocycles. The Hall–Kier alpha value is -2.61. The molecule has 2 bridgehead atoms. The van der Waals surface area contributed by atoms with E-state index < -0.39 is 0 Å². The number of benzene rings is 2. The largest absolute Gasteiger partial charge is 0.497 e. The number of nitrogens with zero attached hydrogens (tertiary/aromatic N) is 3. The Balaban J connectivity index is 0.00000320. The summed E-state index contributed by atoms with van der Waals surface area (Å²) in [6, 6.07) is 18.3. The van der Waals surface area contributed by atoms with Crippen LogP contribution in [0.3, 0.4) is 0 Å². The Morgan fingerprint density at radius 1 is 1.08 bits per heavy atom. The maximum absolute atomic E-state index is 13.5. The molecule has 4 aliphatic rings. The van der Waals surface area contributed by atoms with E-state index in [-0.39, 0.29) is 36.3 Å². The van der Waals surface area contributed by atoms with Crippen molar-refractivity contribution in [1.29, 1.82) is 0 Å². The van der Waals surface area contributed by atoms with Gasteiger partial charge in [0.05, 0.1) is 19.2 Å². The molecule has 3 atom stereocenters. The number of fused-ring (bicyclic) bond motifs is 2. The number of likely N-dealkylation sites (tertiary alicyclic amines) is 1. The number of hydrogen-bond donors (Lipinski definition) is 1. The molecule has 4 aliphatic heterocycles. The van der Waals surface area contributed by atoms with Gasteiger partial charge in [-0.25, -0.2) is 0 Å². The van der Waals surface area contributed by atoms with E-state index in [1.165, 1.54) is 11.0 Å². The predicted molar refractivity (Wildman–Crippen MR) is 148 cm³/mol. The minimum absolute atomic E-state index is 0. The summed E-state index contributed by atoms with van der Waals surface area (Å²) in [6.07, 6.45) is 2.04. The Morgan fingerprint density at radius 2 is 1.73 bits per heavy atom. The Kier molecular flexibility index (Phi) is 7.88. The van der Waals surface area contributed by atoms with Crippen LogP contribution in [0, 0.1) is 0 Å². The van der Waals surface area contributed by atoms with Gasteiger partial charge in [0, 0.05) is 43.7 Å². The average Bonchev–Trinajstić information content (AvgIpc) is 2.91. The molecule has 4 fully saturated rings. The van der Waals surface area contributed by atoms with Crippen molar-refractivity contribution in [3.63, 3.8) is 0 Å². The number of carbonyl (C=O) groups excluding carboxylic acids is 2. The first-order valence-corrected chi connectivity index (χ1v) is 13.2. The fraction of sp³-hybridized carbons (Fsp3) is 0.517. The molecule has 2 amide bonds. The number of para-hydroxylation sites is 1. The van der Waals surface area contributed by atoms with Crippen LogP contribution in [0.5, 0.6) is 5.75 Å². The summed E-state index contributed by atoms with van der Waals surface area (Å²) < 4.78 is 6.41. The van der Waals surface area contributed by atoms with Crippen molar-refractivity contribution in [2.45, 2.75) is 57.3 Å². The van der Waals surface area contributed by atoms with Crippen molar-refractivity contribution in [1.82, 2.24) is 10.2 Å². The number of anilines is 1. The first kappa shape index (κ1) is 27.4. The minimum atomic E-state index is -0.187. The van der Waals surface area contributed by atoms with Gasteiger partial charge in [-0.2, -0.15) is 0 Å². The third-order valence-electron chi connectivity index (χ3n) is 9.27. The molecule has 0 aliphatic carbocycles. The topological polar surface area (TPSA) is 61.9 Å². The molecule has 200 valence electrons. The predicted octanol–water partition coefficient (Wildman–Crippen LogP) is 3.72. The Morgan fingerprint density at radius 3 is 2.30 bits per heavy atom. The maximum atomic E-state index is 13.5. The van der Waals surface area contributed by atoms with Gasteiger partial charge >= 0.3 is 0 Å². The van der Waals surface area contributed by atoms with Crippen LogP contribution < -0.4 is 15.0 Å². The molecule has 0 spiro atoms. The number of ether oxygens (including phenoxy) is 1. The first-order chi connectivity index (χ1) is 17.3. The summed E-state index contributed by atoms with van der Waals surface area (Å²) in [5.74, 6) is 0.514. The summed E-state index contributed by atoms with van der Waals surface area (Å²) in [5, 5.41) is 3.72. The molecular weight excluding hydrogens is 488 g/mol. The number of quaternary nitrogens is 1. The van der Waals surface area contributed by atoms with Gasteiger partial charge in [-0.05, 0) is 57.2 Å².